The van der Waals surface area contributed by atoms with E-state index in [0.717, 1.165) is 16.7 Å². The zero-order valence-electron chi connectivity index (χ0n) is 11.9. The minimum absolute atomic E-state index is 0.431. The van der Waals surface area contributed by atoms with E-state index in [1.54, 1.807) is 12.3 Å². The standard InChI is InChI=1S/C15H14ClFN4O/c1-22-15(13(8-17)20-21-18)11-4-2-10(3-5-11)12-6-7-14(16)19-9-12/h2-7,9,13,15H,8H2,1H3/t13-,15-/m1/s1. The summed E-state index contributed by atoms with van der Waals surface area (Å²) < 4.78 is 18.3. The number of hydrogen-bond donors (Lipinski definition) is 0. The molecule has 2 aromatic rings. The second-order valence-corrected chi connectivity index (χ2v) is 4.96. The number of methoxy groups -OCH3 is 1. The Morgan fingerprint density at radius 1 is 1.27 bits per heavy atom. The zero-order chi connectivity index (χ0) is 15.9. The van der Waals surface area contributed by atoms with Crippen LogP contribution < -0.4 is 0 Å². The number of benzene rings is 1. The first-order valence-corrected chi connectivity index (χ1v) is 6.92. The monoisotopic (exact) mass is 320 g/mol. The van der Waals surface area contributed by atoms with Gasteiger partial charge in [-0.05, 0) is 28.8 Å². The maximum absolute atomic E-state index is 13.0. The quantitative estimate of drug-likeness (QED) is 0.334. The molecule has 5 nitrogen and oxygen atoms in total. The molecule has 0 amide bonds. The fourth-order valence-corrected chi connectivity index (χ4v) is 2.28. The van der Waals surface area contributed by atoms with Crippen LogP contribution in [0.4, 0.5) is 4.39 Å². The minimum Gasteiger partial charge on any atom is -0.376 e. The number of ether oxygens (including phenoxy) is 1. The Kier molecular flexibility index (Phi) is 5.72. The topological polar surface area (TPSA) is 70.9 Å². The van der Waals surface area contributed by atoms with E-state index in [1.165, 1.54) is 7.11 Å². The van der Waals surface area contributed by atoms with Crippen LogP contribution in [0.2, 0.25) is 5.15 Å². The highest BCUT2D eigenvalue weighted by Crippen LogP contribution is 2.27. The Morgan fingerprint density at radius 2 is 1.95 bits per heavy atom. The lowest BCUT2D eigenvalue weighted by Crippen LogP contribution is -2.20. The third-order valence-corrected chi connectivity index (χ3v) is 3.48. The van der Waals surface area contributed by atoms with Crippen molar-refractivity contribution in [2.75, 3.05) is 13.8 Å². The molecular formula is C15H14ClFN4O. The van der Waals surface area contributed by atoms with Gasteiger partial charge >= 0.3 is 0 Å². The van der Waals surface area contributed by atoms with Crippen LogP contribution >= 0.6 is 11.6 Å². The van der Waals surface area contributed by atoms with E-state index in [9.17, 15) is 4.39 Å². The van der Waals surface area contributed by atoms with Crippen molar-refractivity contribution in [1.82, 2.24) is 4.98 Å². The fraction of sp³-hybridized carbons (Fsp3) is 0.267. The Balaban J connectivity index is 2.26. The van der Waals surface area contributed by atoms with Gasteiger partial charge in [-0.25, -0.2) is 4.98 Å². The van der Waals surface area contributed by atoms with Crippen LogP contribution in [0, 0.1) is 0 Å². The second kappa shape index (κ2) is 7.75. The van der Waals surface area contributed by atoms with Crippen LogP contribution in [-0.2, 0) is 4.74 Å². The second-order valence-electron chi connectivity index (χ2n) is 4.57. The lowest BCUT2D eigenvalue weighted by molar-refractivity contribution is 0.0722. The Bertz CT molecular complexity index is 656. The molecule has 2 atom stereocenters. The maximum Gasteiger partial charge on any atom is 0.129 e. The van der Waals surface area contributed by atoms with Gasteiger partial charge < -0.3 is 4.74 Å². The molecule has 114 valence electrons. The summed E-state index contributed by atoms with van der Waals surface area (Å²) in [5.74, 6) is 0. The van der Waals surface area contributed by atoms with Crippen molar-refractivity contribution in [1.29, 1.82) is 0 Å². The first kappa shape index (κ1) is 16.2. The summed E-state index contributed by atoms with van der Waals surface area (Å²) in [4.78, 5) is 6.69. The Hall–Kier alpha value is -2.14. The van der Waals surface area contributed by atoms with Gasteiger partial charge in [-0.2, -0.15) is 0 Å². The molecule has 1 aromatic carbocycles. The lowest BCUT2D eigenvalue weighted by atomic mass is 10.00. The number of rotatable bonds is 6. The average molecular weight is 321 g/mol. The summed E-state index contributed by atoms with van der Waals surface area (Å²) in [6.45, 7) is -0.786. The van der Waals surface area contributed by atoms with Crippen LogP contribution in [0.5, 0.6) is 0 Å². The summed E-state index contributed by atoms with van der Waals surface area (Å²) in [5, 5.41) is 3.87. The van der Waals surface area contributed by atoms with Gasteiger partial charge in [-0.3, -0.25) is 4.39 Å². The van der Waals surface area contributed by atoms with E-state index in [-0.39, 0.29) is 0 Å². The van der Waals surface area contributed by atoms with E-state index < -0.39 is 18.8 Å². The smallest absolute Gasteiger partial charge is 0.129 e. The normalized spacial score (nSPS) is 13.2. The molecule has 0 bridgehead atoms. The lowest BCUT2D eigenvalue weighted by Gasteiger charge is -2.20. The molecule has 0 saturated carbocycles. The largest absolute Gasteiger partial charge is 0.376 e. The van der Waals surface area contributed by atoms with Crippen molar-refractivity contribution in [3.63, 3.8) is 0 Å². The third kappa shape index (κ3) is 3.74. The van der Waals surface area contributed by atoms with Gasteiger partial charge in [0, 0.05) is 23.8 Å². The van der Waals surface area contributed by atoms with Crippen molar-refractivity contribution < 1.29 is 9.13 Å². The highest BCUT2D eigenvalue weighted by atomic mass is 35.5. The fourth-order valence-electron chi connectivity index (χ4n) is 2.17. The molecule has 0 N–H and O–H groups in total. The van der Waals surface area contributed by atoms with Gasteiger partial charge in [0.05, 0.1) is 12.1 Å². The van der Waals surface area contributed by atoms with Crippen molar-refractivity contribution >= 4 is 11.6 Å². The number of hydrogen-bond acceptors (Lipinski definition) is 3. The molecule has 0 spiro atoms. The third-order valence-electron chi connectivity index (χ3n) is 3.26. The van der Waals surface area contributed by atoms with Crippen LogP contribution in [0.3, 0.4) is 0 Å². The molecule has 0 unspecified atom stereocenters. The summed E-state index contributed by atoms with van der Waals surface area (Å²) in [5.41, 5.74) is 11.1. The van der Waals surface area contributed by atoms with Gasteiger partial charge in [0.1, 0.15) is 11.8 Å². The van der Waals surface area contributed by atoms with E-state index >= 15 is 0 Å². The van der Waals surface area contributed by atoms with Crippen LogP contribution in [0.1, 0.15) is 11.7 Å². The average Bonchev–Trinajstić information content (AvgIpc) is 2.56. The predicted molar refractivity (Wildman–Crippen MR) is 83.3 cm³/mol. The molecule has 0 saturated heterocycles. The number of azide groups is 1. The molecule has 0 aliphatic rings. The van der Waals surface area contributed by atoms with Crippen molar-refractivity contribution in [2.24, 2.45) is 5.11 Å². The molecule has 22 heavy (non-hydrogen) atoms. The number of aromatic nitrogens is 1. The highest BCUT2D eigenvalue weighted by Gasteiger charge is 2.22. The molecule has 7 heteroatoms. The van der Waals surface area contributed by atoms with E-state index in [4.69, 9.17) is 21.9 Å². The minimum atomic E-state index is -0.891. The highest BCUT2D eigenvalue weighted by molar-refractivity contribution is 6.29. The molecule has 1 aromatic heterocycles. The van der Waals surface area contributed by atoms with Crippen molar-refractivity contribution in [3.8, 4) is 11.1 Å². The predicted octanol–water partition coefficient (Wildman–Crippen LogP) is 4.74. The Morgan fingerprint density at radius 3 is 2.45 bits per heavy atom. The summed E-state index contributed by atoms with van der Waals surface area (Å²) >= 11 is 5.76. The van der Waals surface area contributed by atoms with Crippen molar-refractivity contribution in [2.45, 2.75) is 12.1 Å². The van der Waals surface area contributed by atoms with E-state index in [2.05, 4.69) is 15.0 Å². The van der Waals surface area contributed by atoms with Gasteiger partial charge in [0.25, 0.3) is 0 Å². The molecule has 0 fully saturated rings. The first-order chi connectivity index (χ1) is 10.7. The number of halogens is 2. The molecular weight excluding hydrogens is 307 g/mol. The molecule has 1 heterocycles. The number of nitrogens with zero attached hydrogens (tertiary/aromatic N) is 4. The molecule has 2 rings (SSSR count). The van der Waals surface area contributed by atoms with Crippen LogP contribution in [0.25, 0.3) is 21.6 Å². The molecule has 0 aliphatic carbocycles. The summed E-state index contributed by atoms with van der Waals surface area (Å²) in [7, 11) is 1.46. The summed E-state index contributed by atoms with van der Waals surface area (Å²) in [6.07, 6.45) is 1.05. The van der Waals surface area contributed by atoms with Gasteiger partial charge in [-0.15, -0.1) is 0 Å². The van der Waals surface area contributed by atoms with E-state index in [1.807, 2.05) is 30.3 Å². The van der Waals surface area contributed by atoms with Gasteiger partial charge in [0.15, 0.2) is 0 Å². The number of pyridine rings is 1. The van der Waals surface area contributed by atoms with E-state index in [0.29, 0.717) is 5.15 Å². The SMILES string of the molecule is CO[C@H](c1ccc(-c2ccc(Cl)nc2)cc1)[C@@H](CF)N=[N+]=[N-]. The number of alkyl halides is 1. The van der Waals surface area contributed by atoms with Crippen molar-refractivity contribution in [3.05, 3.63) is 63.8 Å². The van der Waals surface area contributed by atoms with Crippen LogP contribution in [-0.4, -0.2) is 24.8 Å². The van der Waals surface area contributed by atoms with Gasteiger partial charge in [0.2, 0.25) is 0 Å². The van der Waals surface area contributed by atoms with Gasteiger partial charge in [-0.1, -0.05) is 41.0 Å². The first-order valence-electron chi connectivity index (χ1n) is 6.54. The Labute approximate surface area is 132 Å². The zero-order valence-corrected chi connectivity index (χ0v) is 12.6. The molecule has 0 aliphatic heterocycles. The van der Waals surface area contributed by atoms with Crippen LogP contribution in [0.15, 0.2) is 47.7 Å². The summed E-state index contributed by atoms with van der Waals surface area (Å²) in [6, 6.07) is 10.1. The molecule has 0 radical (unpaired) electrons. The maximum atomic E-state index is 13.0.